The molecule has 11 aromatic rings. The number of benzene rings is 11. The van der Waals surface area contributed by atoms with E-state index in [9.17, 15) is 0 Å². The van der Waals surface area contributed by atoms with Crippen LogP contribution < -0.4 is 4.90 Å². The first-order valence-corrected chi connectivity index (χ1v) is 19.7. The van der Waals surface area contributed by atoms with Gasteiger partial charge in [0.2, 0.25) is 0 Å². The fourth-order valence-corrected chi connectivity index (χ4v) is 8.81. The lowest BCUT2D eigenvalue weighted by Crippen LogP contribution is -2.10. The van der Waals surface area contributed by atoms with Crippen LogP contribution in [-0.4, -0.2) is 0 Å². The first-order valence-electron chi connectivity index (χ1n) is 19.7. The molecule has 0 saturated carbocycles. The van der Waals surface area contributed by atoms with Crippen LogP contribution in [0.2, 0.25) is 0 Å². The third-order valence-corrected chi connectivity index (χ3v) is 11.6. The zero-order valence-corrected chi connectivity index (χ0v) is 31.3. The van der Waals surface area contributed by atoms with E-state index in [1.807, 2.05) is 0 Å². The predicted octanol–water partition coefficient (Wildman–Crippen LogP) is 15.9. The summed E-state index contributed by atoms with van der Waals surface area (Å²) < 4.78 is 0. The van der Waals surface area contributed by atoms with Crippen LogP contribution in [0.4, 0.5) is 17.1 Å². The number of anilines is 3. The summed E-state index contributed by atoms with van der Waals surface area (Å²) in [5, 5.41) is 12.3. The summed E-state index contributed by atoms with van der Waals surface area (Å²) in [4.78, 5) is 2.41. The summed E-state index contributed by atoms with van der Waals surface area (Å²) in [6.45, 7) is 0. The molecule has 0 amide bonds. The smallest absolute Gasteiger partial charge is 0.0468 e. The van der Waals surface area contributed by atoms with Gasteiger partial charge in [-0.1, -0.05) is 176 Å². The Bertz CT molecular complexity index is 3290. The van der Waals surface area contributed by atoms with Gasteiger partial charge >= 0.3 is 0 Å². The summed E-state index contributed by atoms with van der Waals surface area (Å²) in [5.74, 6) is 0. The van der Waals surface area contributed by atoms with Gasteiger partial charge in [-0.2, -0.15) is 0 Å². The van der Waals surface area contributed by atoms with Crippen LogP contribution in [0.25, 0.3) is 87.2 Å². The monoisotopic (exact) mass is 723 g/mol. The number of nitrogens with zero attached hydrogens (tertiary/aromatic N) is 1. The molecule has 0 saturated heterocycles. The average Bonchev–Trinajstić information content (AvgIpc) is 3.28. The Labute approximate surface area is 332 Å². The summed E-state index contributed by atoms with van der Waals surface area (Å²) in [5.41, 5.74) is 10.7. The normalized spacial score (nSPS) is 11.5. The molecule has 57 heavy (non-hydrogen) atoms. The Kier molecular flexibility index (Phi) is 7.89. The molecule has 0 bridgehead atoms. The second-order valence-electron chi connectivity index (χ2n) is 14.9. The molecule has 0 radical (unpaired) electrons. The zero-order chi connectivity index (χ0) is 37.7. The molecule has 0 aliphatic heterocycles. The van der Waals surface area contributed by atoms with E-state index < -0.39 is 0 Å². The van der Waals surface area contributed by atoms with Crippen LogP contribution in [-0.2, 0) is 0 Å². The molecule has 0 spiro atoms. The molecule has 1 nitrogen and oxygen atoms in total. The van der Waals surface area contributed by atoms with E-state index in [-0.39, 0.29) is 0 Å². The predicted molar refractivity (Wildman–Crippen MR) is 245 cm³/mol. The number of fused-ring (bicyclic) bond motifs is 5. The molecule has 0 aliphatic rings. The van der Waals surface area contributed by atoms with Crippen molar-refractivity contribution in [3.8, 4) is 33.4 Å². The van der Waals surface area contributed by atoms with Crippen molar-refractivity contribution in [2.75, 3.05) is 4.90 Å². The molecule has 1 heteroatoms. The number of hydrogen-bond acceptors (Lipinski definition) is 1. The van der Waals surface area contributed by atoms with Gasteiger partial charge < -0.3 is 4.90 Å². The van der Waals surface area contributed by atoms with Gasteiger partial charge in [0, 0.05) is 17.1 Å². The van der Waals surface area contributed by atoms with E-state index in [0.29, 0.717) is 0 Å². The Morgan fingerprint density at radius 1 is 0.211 bits per heavy atom. The van der Waals surface area contributed by atoms with Crippen molar-refractivity contribution in [3.05, 3.63) is 224 Å². The molecule has 0 heterocycles. The Balaban J connectivity index is 1.20. The maximum absolute atomic E-state index is 2.43. The molecule has 266 valence electrons. The van der Waals surface area contributed by atoms with E-state index in [1.54, 1.807) is 0 Å². The lowest BCUT2D eigenvalue weighted by Gasteiger charge is -2.27. The molecule has 0 atom stereocenters. The topological polar surface area (TPSA) is 3.24 Å². The minimum atomic E-state index is 1.10. The third-order valence-electron chi connectivity index (χ3n) is 11.6. The molecule has 0 fully saturated rings. The highest BCUT2D eigenvalue weighted by Gasteiger charge is 2.21. The van der Waals surface area contributed by atoms with Crippen LogP contribution in [0.5, 0.6) is 0 Å². The summed E-state index contributed by atoms with van der Waals surface area (Å²) in [6, 6.07) is 82.3. The third kappa shape index (κ3) is 5.80. The van der Waals surface area contributed by atoms with Gasteiger partial charge in [-0.15, -0.1) is 0 Å². The maximum atomic E-state index is 2.43. The van der Waals surface area contributed by atoms with Gasteiger partial charge in [-0.25, -0.2) is 0 Å². The van der Waals surface area contributed by atoms with E-state index >= 15 is 0 Å². The molecule has 0 aliphatic carbocycles. The summed E-state index contributed by atoms with van der Waals surface area (Å²) in [7, 11) is 0. The average molecular weight is 724 g/mol. The Morgan fingerprint density at radius 2 is 0.596 bits per heavy atom. The van der Waals surface area contributed by atoms with E-state index in [1.165, 1.54) is 87.2 Å². The quantitative estimate of drug-likeness (QED) is 0.154. The largest absolute Gasteiger partial charge is 0.310 e. The Hall–Kier alpha value is -7.48. The van der Waals surface area contributed by atoms with Crippen molar-refractivity contribution in [2.24, 2.45) is 0 Å². The van der Waals surface area contributed by atoms with Gasteiger partial charge in [-0.3, -0.25) is 0 Å². The van der Waals surface area contributed by atoms with Crippen LogP contribution in [0.1, 0.15) is 0 Å². The van der Waals surface area contributed by atoms with Gasteiger partial charge in [0.25, 0.3) is 0 Å². The minimum Gasteiger partial charge on any atom is -0.310 e. The molecule has 0 N–H and O–H groups in total. The molecular formula is C56H37N. The molecular weight excluding hydrogens is 687 g/mol. The first kappa shape index (κ1) is 32.9. The Morgan fingerprint density at radius 3 is 1.19 bits per heavy atom. The summed E-state index contributed by atoms with van der Waals surface area (Å²) >= 11 is 0. The van der Waals surface area contributed by atoms with Crippen molar-refractivity contribution in [1.82, 2.24) is 0 Å². The van der Waals surface area contributed by atoms with Gasteiger partial charge in [0.05, 0.1) is 0 Å². The fraction of sp³-hybridized carbons (Fsp3) is 0. The van der Waals surface area contributed by atoms with Gasteiger partial charge in [0.15, 0.2) is 0 Å². The highest BCUT2D eigenvalue weighted by Crippen LogP contribution is 2.47. The molecule has 11 aromatic carbocycles. The van der Waals surface area contributed by atoms with Crippen LogP contribution in [0.15, 0.2) is 224 Å². The van der Waals surface area contributed by atoms with Crippen molar-refractivity contribution in [3.63, 3.8) is 0 Å². The lowest BCUT2D eigenvalue weighted by atomic mass is 9.85. The standard InChI is InChI=1S/C56H37N/c1-2-12-38(13-3-1)42-26-29-48(30-27-42)57(49-31-28-41-16-6-9-19-45(41)36-49)50-32-33-53-54(37-50)56(47-25-23-40-15-5-8-18-44(40)35-47)52-21-11-10-20-51(52)55(53)46-24-22-39-14-4-7-17-43(39)34-46/h1-37H. The molecule has 0 unspecified atom stereocenters. The molecule has 11 rings (SSSR count). The second kappa shape index (κ2) is 13.7. The van der Waals surface area contributed by atoms with Crippen LogP contribution >= 0.6 is 0 Å². The first-order chi connectivity index (χ1) is 28.2. The molecule has 0 aromatic heterocycles. The fourth-order valence-electron chi connectivity index (χ4n) is 8.81. The van der Waals surface area contributed by atoms with Crippen LogP contribution in [0, 0.1) is 0 Å². The highest BCUT2D eigenvalue weighted by molar-refractivity contribution is 6.22. The SMILES string of the molecule is c1ccc(-c2ccc(N(c3ccc4ccccc4c3)c3ccc4c(-c5ccc6ccccc6c5)c5ccccc5c(-c5ccc6ccccc6c5)c4c3)cc2)cc1. The highest BCUT2D eigenvalue weighted by atomic mass is 15.1. The minimum absolute atomic E-state index is 1.10. The van der Waals surface area contributed by atoms with Crippen molar-refractivity contribution in [2.45, 2.75) is 0 Å². The lowest BCUT2D eigenvalue weighted by molar-refractivity contribution is 1.29. The van der Waals surface area contributed by atoms with Gasteiger partial charge in [-0.05, 0) is 136 Å². The van der Waals surface area contributed by atoms with Crippen LogP contribution in [0.3, 0.4) is 0 Å². The number of rotatable bonds is 6. The van der Waals surface area contributed by atoms with Gasteiger partial charge in [0.1, 0.15) is 0 Å². The van der Waals surface area contributed by atoms with Crippen molar-refractivity contribution in [1.29, 1.82) is 0 Å². The summed E-state index contributed by atoms with van der Waals surface area (Å²) in [6.07, 6.45) is 0. The van der Waals surface area contributed by atoms with E-state index in [4.69, 9.17) is 0 Å². The second-order valence-corrected chi connectivity index (χ2v) is 14.9. The van der Waals surface area contributed by atoms with Crippen molar-refractivity contribution < 1.29 is 0 Å². The maximum Gasteiger partial charge on any atom is 0.0468 e. The van der Waals surface area contributed by atoms with E-state index in [0.717, 1.165) is 17.1 Å². The zero-order valence-electron chi connectivity index (χ0n) is 31.3. The van der Waals surface area contributed by atoms with Crippen molar-refractivity contribution >= 4 is 70.9 Å². The van der Waals surface area contributed by atoms with E-state index in [2.05, 4.69) is 229 Å². The number of hydrogen-bond donors (Lipinski definition) is 0.